The van der Waals surface area contributed by atoms with Gasteiger partial charge in [-0.15, -0.1) is 0 Å². The summed E-state index contributed by atoms with van der Waals surface area (Å²) in [6.45, 7) is 1.80. The first-order valence-corrected chi connectivity index (χ1v) is 11.5. The highest BCUT2D eigenvalue weighted by Crippen LogP contribution is 2.46. The number of methoxy groups -OCH3 is 1. The van der Waals surface area contributed by atoms with E-state index >= 15 is 0 Å². The number of carbonyl (C=O) groups is 1. The van der Waals surface area contributed by atoms with E-state index in [-0.39, 0.29) is 23.7 Å². The third kappa shape index (κ3) is 4.49. The first kappa shape index (κ1) is 22.6. The third-order valence-electron chi connectivity index (χ3n) is 6.80. The van der Waals surface area contributed by atoms with Crippen molar-refractivity contribution in [3.05, 3.63) is 51.8 Å². The molecule has 0 spiro atoms. The van der Waals surface area contributed by atoms with Crippen LogP contribution in [0.3, 0.4) is 0 Å². The summed E-state index contributed by atoms with van der Waals surface area (Å²) in [5.74, 6) is 1.79. The van der Waals surface area contributed by atoms with E-state index in [4.69, 9.17) is 21.1 Å². The number of carbonyl (C=O) groups excluding carboxylic acids is 1. The van der Waals surface area contributed by atoms with E-state index < -0.39 is 11.6 Å². The molecule has 4 rings (SSSR count). The molecule has 1 fully saturated rings. The number of aromatic nitrogens is 3. The summed E-state index contributed by atoms with van der Waals surface area (Å²) in [5.41, 5.74) is 0.623. The number of aryl methyl sites for hydroxylation is 3. The molecular formula is C24H30ClN3O4. The number of hydrogen-bond donors (Lipinski definition) is 1. The number of aliphatic hydroxyl groups is 1. The Kier molecular flexibility index (Phi) is 6.47. The van der Waals surface area contributed by atoms with E-state index in [0.29, 0.717) is 41.7 Å². The van der Waals surface area contributed by atoms with E-state index in [9.17, 15) is 9.90 Å². The molecule has 1 aliphatic heterocycles. The molecule has 172 valence electrons. The highest BCUT2D eigenvalue weighted by molar-refractivity contribution is 6.32. The second kappa shape index (κ2) is 9.14. The van der Waals surface area contributed by atoms with Crippen molar-refractivity contribution < 1.29 is 19.4 Å². The number of nitrogens with zero attached hydrogens (tertiary/aromatic N) is 3. The Morgan fingerprint density at radius 1 is 1.34 bits per heavy atom. The van der Waals surface area contributed by atoms with Crippen LogP contribution in [-0.2, 0) is 29.4 Å². The Labute approximate surface area is 193 Å². The lowest BCUT2D eigenvalue weighted by Crippen LogP contribution is -2.46. The van der Waals surface area contributed by atoms with E-state index in [1.165, 1.54) is 0 Å². The summed E-state index contributed by atoms with van der Waals surface area (Å²) in [6.07, 6.45) is 6.10. The summed E-state index contributed by atoms with van der Waals surface area (Å²) >= 11 is 6.30. The summed E-state index contributed by atoms with van der Waals surface area (Å²) in [4.78, 5) is 17.5. The number of ether oxygens (including phenoxy) is 2. The topological polar surface area (TPSA) is 86.5 Å². The second-order valence-electron chi connectivity index (χ2n) is 8.88. The maximum absolute atomic E-state index is 13.1. The Morgan fingerprint density at radius 3 is 2.69 bits per heavy atom. The van der Waals surface area contributed by atoms with Crippen LogP contribution in [0, 0.1) is 12.8 Å². The monoisotopic (exact) mass is 459 g/mol. The van der Waals surface area contributed by atoms with Gasteiger partial charge in [0.25, 0.3) is 0 Å². The van der Waals surface area contributed by atoms with Crippen molar-refractivity contribution >= 4 is 17.6 Å². The van der Waals surface area contributed by atoms with Crippen molar-refractivity contribution in [3.8, 4) is 5.75 Å². The van der Waals surface area contributed by atoms with Crippen molar-refractivity contribution in [1.82, 2.24) is 14.8 Å². The van der Waals surface area contributed by atoms with Gasteiger partial charge in [0.05, 0.1) is 17.7 Å². The van der Waals surface area contributed by atoms with E-state index in [2.05, 4.69) is 10.1 Å². The second-order valence-corrected chi connectivity index (χ2v) is 9.29. The zero-order chi connectivity index (χ0) is 22.9. The van der Waals surface area contributed by atoms with Crippen molar-refractivity contribution in [2.75, 3.05) is 7.11 Å². The average molecular weight is 460 g/mol. The molecule has 1 unspecified atom stereocenters. The zero-order valence-electron chi connectivity index (χ0n) is 18.9. The molecule has 0 radical (unpaired) electrons. The van der Waals surface area contributed by atoms with Gasteiger partial charge in [0.15, 0.2) is 0 Å². The molecule has 32 heavy (non-hydrogen) atoms. The Hall–Kier alpha value is -2.54. The lowest BCUT2D eigenvalue weighted by Gasteiger charge is -2.42. The van der Waals surface area contributed by atoms with E-state index in [1.807, 2.05) is 18.2 Å². The SMILES string of the molecule is COc1ccc(CCC2(C3CCCC3)CC(O)=C(Cc3nc(C)nn3C)C(=O)O2)cc1Cl. The number of aliphatic hydroxyl groups excluding tert-OH is 1. The van der Waals surface area contributed by atoms with Crippen molar-refractivity contribution in [2.24, 2.45) is 13.0 Å². The Morgan fingerprint density at radius 2 is 2.09 bits per heavy atom. The number of hydrogen-bond acceptors (Lipinski definition) is 6. The van der Waals surface area contributed by atoms with Gasteiger partial charge in [-0.3, -0.25) is 4.68 Å². The summed E-state index contributed by atoms with van der Waals surface area (Å²) in [7, 11) is 3.37. The predicted octanol–water partition coefficient (Wildman–Crippen LogP) is 4.65. The van der Waals surface area contributed by atoms with Crippen LogP contribution >= 0.6 is 11.6 Å². The van der Waals surface area contributed by atoms with Crippen molar-refractivity contribution in [2.45, 2.75) is 63.9 Å². The number of halogens is 1. The van der Waals surface area contributed by atoms with Gasteiger partial charge in [0, 0.05) is 19.9 Å². The molecule has 8 heteroatoms. The van der Waals surface area contributed by atoms with Crippen LogP contribution in [0.4, 0.5) is 0 Å². The van der Waals surface area contributed by atoms with Gasteiger partial charge in [0.2, 0.25) is 0 Å². The molecule has 2 aliphatic rings. The molecule has 1 saturated carbocycles. The van der Waals surface area contributed by atoms with Gasteiger partial charge in [-0.1, -0.05) is 30.5 Å². The molecule has 2 heterocycles. The summed E-state index contributed by atoms with van der Waals surface area (Å²) in [6, 6.07) is 5.73. The Bertz CT molecular complexity index is 1040. The molecule has 2 aromatic rings. The lowest BCUT2D eigenvalue weighted by atomic mass is 9.76. The van der Waals surface area contributed by atoms with Gasteiger partial charge >= 0.3 is 5.97 Å². The standard InChI is InChI=1S/C24H30ClN3O4/c1-15-26-22(28(2)27-15)13-18-20(29)14-24(32-23(18)30,17-6-4-5-7-17)11-10-16-8-9-21(31-3)19(25)12-16/h8-9,12,17,29H,4-7,10-11,13-14H2,1-3H3. The van der Waals surface area contributed by atoms with Crippen LogP contribution in [0.1, 0.15) is 55.7 Å². The molecule has 1 N–H and O–H groups in total. The maximum Gasteiger partial charge on any atom is 0.338 e. The minimum absolute atomic E-state index is 0.113. The normalized spacial score (nSPS) is 21.8. The zero-order valence-corrected chi connectivity index (χ0v) is 19.6. The smallest absolute Gasteiger partial charge is 0.338 e. The van der Waals surface area contributed by atoms with Gasteiger partial charge in [-0.2, -0.15) is 5.10 Å². The van der Waals surface area contributed by atoms with E-state index in [1.54, 1.807) is 25.8 Å². The molecule has 0 saturated heterocycles. The molecule has 1 aromatic heterocycles. The summed E-state index contributed by atoms with van der Waals surface area (Å²) in [5, 5.41) is 15.8. The molecule has 1 atom stereocenters. The van der Waals surface area contributed by atoms with Crippen LogP contribution in [0.5, 0.6) is 5.75 Å². The fraction of sp³-hybridized carbons (Fsp3) is 0.542. The van der Waals surface area contributed by atoms with Gasteiger partial charge in [0.1, 0.15) is 28.8 Å². The fourth-order valence-corrected chi connectivity index (χ4v) is 5.36. The van der Waals surface area contributed by atoms with Crippen molar-refractivity contribution in [1.29, 1.82) is 0 Å². The van der Waals surface area contributed by atoms with Crippen LogP contribution in [0.15, 0.2) is 29.5 Å². The molecule has 7 nitrogen and oxygen atoms in total. The highest BCUT2D eigenvalue weighted by atomic mass is 35.5. The van der Waals surface area contributed by atoms with Gasteiger partial charge < -0.3 is 14.6 Å². The molecular weight excluding hydrogens is 430 g/mol. The van der Waals surface area contributed by atoms with Crippen LogP contribution in [0.2, 0.25) is 5.02 Å². The first-order valence-electron chi connectivity index (χ1n) is 11.1. The van der Waals surface area contributed by atoms with Gasteiger partial charge in [-0.05, 0) is 56.2 Å². The molecule has 0 bridgehead atoms. The highest BCUT2D eigenvalue weighted by Gasteiger charge is 2.48. The van der Waals surface area contributed by atoms with Crippen LogP contribution in [-0.4, -0.2) is 38.6 Å². The third-order valence-corrected chi connectivity index (χ3v) is 7.10. The number of rotatable bonds is 7. The van der Waals surface area contributed by atoms with Crippen LogP contribution < -0.4 is 4.74 Å². The first-order chi connectivity index (χ1) is 15.3. The lowest BCUT2D eigenvalue weighted by molar-refractivity contribution is -0.167. The van der Waals surface area contributed by atoms with E-state index in [0.717, 1.165) is 31.2 Å². The molecule has 0 amide bonds. The largest absolute Gasteiger partial charge is 0.512 e. The minimum atomic E-state index is -0.705. The van der Waals surface area contributed by atoms with Crippen molar-refractivity contribution in [3.63, 3.8) is 0 Å². The average Bonchev–Trinajstić information content (AvgIpc) is 3.39. The Balaban J connectivity index is 1.58. The molecule has 1 aromatic carbocycles. The molecule has 1 aliphatic carbocycles. The predicted molar refractivity (Wildman–Crippen MR) is 121 cm³/mol. The summed E-state index contributed by atoms with van der Waals surface area (Å²) < 4.78 is 13.1. The van der Waals surface area contributed by atoms with Gasteiger partial charge in [-0.25, -0.2) is 9.78 Å². The number of esters is 1. The quantitative estimate of drug-likeness (QED) is 0.606. The number of cyclic esters (lactones) is 1. The maximum atomic E-state index is 13.1. The fourth-order valence-electron chi connectivity index (χ4n) is 5.08. The number of benzene rings is 1. The minimum Gasteiger partial charge on any atom is -0.512 e. The van der Waals surface area contributed by atoms with Crippen LogP contribution in [0.25, 0.3) is 0 Å².